The van der Waals surface area contributed by atoms with Crippen molar-refractivity contribution in [2.75, 3.05) is 24.4 Å². The Hall–Kier alpha value is -3.50. The van der Waals surface area contributed by atoms with Gasteiger partial charge in [-0.25, -0.2) is 18.1 Å². The summed E-state index contributed by atoms with van der Waals surface area (Å²) >= 11 is 0. The Labute approximate surface area is 223 Å². The van der Waals surface area contributed by atoms with Gasteiger partial charge in [0.2, 0.25) is 11.8 Å². The number of nitrogens with zero attached hydrogens (tertiary/aromatic N) is 3. The minimum atomic E-state index is -4.08. The first-order valence-corrected chi connectivity index (χ1v) is 14.4. The van der Waals surface area contributed by atoms with Crippen molar-refractivity contribution in [1.82, 2.24) is 20.2 Å². The van der Waals surface area contributed by atoms with Gasteiger partial charge >= 0.3 is 0 Å². The molecule has 2 aliphatic rings. The number of benzene rings is 2. The number of fused-ring (bicyclic) bond motifs is 6. The van der Waals surface area contributed by atoms with Crippen LogP contribution in [0, 0.1) is 19.8 Å². The van der Waals surface area contributed by atoms with Crippen molar-refractivity contribution in [3.63, 3.8) is 0 Å². The number of hydrogen-bond donors (Lipinski definition) is 2. The Morgan fingerprint density at radius 1 is 1.05 bits per heavy atom. The van der Waals surface area contributed by atoms with Gasteiger partial charge in [0.05, 0.1) is 17.1 Å². The first-order valence-electron chi connectivity index (χ1n) is 12.9. The number of hydrogen-bond acceptors (Lipinski definition) is 7. The molecule has 1 aromatic heterocycles. The number of carbonyl (C=O) groups excluding carboxylic acids is 1. The van der Waals surface area contributed by atoms with E-state index >= 15 is 0 Å². The highest BCUT2D eigenvalue weighted by molar-refractivity contribution is 7.92. The predicted molar refractivity (Wildman–Crippen MR) is 146 cm³/mol. The number of aryl methyl sites for hydroxylation is 2. The van der Waals surface area contributed by atoms with E-state index in [9.17, 15) is 13.2 Å². The van der Waals surface area contributed by atoms with Crippen molar-refractivity contribution in [2.45, 2.75) is 51.2 Å². The van der Waals surface area contributed by atoms with E-state index in [1.807, 2.05) is 36.9 Å². The first-order chi connectivity index (χ1) is 18.1. The summed E-state index contributed by atoms with van der Waals surface area (Å²) in [5.74, 6) is 0.297. The third-order valence-corrected chi connectivity index (χ3v) is 8.27. The van der Waals surface area contributed by atoms with Gasteiger partial charge < -0.3 is 15.0 Å². The van der Waals surface area contributed by atoms with Crippen LogP contribution in [0.3, 0.4) is 0 Å². The van der Waals surface area contributed by atoms with E-state index in [0.29, 0.717) is 36.8 Å². The van der Waals surface area contributed by atoms with Gasteiger partial charge in [0.1, 0.15) is 6.10 Å². The maximum atomic E-state index is 13.8. The average molecular weight is 536 g/mol. The molecular formula is C28H33N5O4S. The van der Waals surface area contributed by atoms with E-state index in [1.165, 1.54) is 12.1 Å². The highest BCUT2D eigenvalue weighted by atomic mass is 32.2. The molecular weight excluding hydrogens is 502 g/mol. The molecule has 0 aliphatic carbocycles. The van der Waals surface area contributed by atoms with Gasteiger partial charge in [0.15, 0.2) is 0 Å². The van der Waals surface area contributed by atoms with Crippen LogP contribution in [-0.4, -0.2) is 61.0 Å². The fourth-order valence-electron chi connectivity index (χ4n) is 5.23. The molecule has 2 N–H and O–H groups in total. The largest absolute Gasteiger partial charge is 0.471 e. The second-order valence-electron chi connectivity index (χ2n) is 10.5. The molecule has 0 radical (unpaired) electrons. The Kier molecular flexibility index (Phi) is 7.11. The fraction of sp³-hybridized carbons (Fsp3) is 0.393. The number of sulfonamides is 1. The molecule has 1 unspecified atom stereocenters. The van der Waals surface area contributed by atoms with Gasteiger partial charge in [-0.05, 0) is 55.5 Å². The average Bonchev–Trinajstić information content (AvgIpc) is 3.04. The molecule has 1 amide bonds. The zero-order valence-electron chi connectivity index (χ0n) is 22.1. The summed E-state index contributed by atoms with van der Waals surface area (Å²) in [4.78, 5) is 24.6. The lowest BCUT2D eigenvalue weighted by Crippen LogP contribution is -2.46. The van der Waals surface area contributed by atoms with Crippen LogP contribution in [0.1, 0.15) is 41.8 Å². The van der Waals surface area contributed by atoms with Gasteiger partial charge in [-0.1, -0.05) is 38.1 Å². The van der Waals surface area contributed by atoms with Crippen LogP contribution in [0.5, 0.6) is 5.88 Å². The van der Waals surface area contributed by atoms with Crippen molar-refractivity contribution < 1.29 is 17.9 Å². The third kappa shape index (κ3) is 5.37. The lowest BCUT2D eigenvalue weighted by Gasteiger charge is -2.32. The molecule has 1 saturated heterocycles. The van der Waals surface area contributed by atoms with Crippen LogP contribution in [0.4, 0.5) is 5.95 Å². The minimum absolute atomic E-state index is 0.0314. The molecule has 9 nitrogen and oxygen atoms in total. The summed E-state index contributed by atoms with van der Waals surface area (Å²) in [5, 5.41) is 3.45. The molecule has 2 aromatic carbocycles. The van der Waals surface area contributed by atoms with Gasteiger partial charge in [0.25, 0.3) is 15.9 Å². The molecule has 38 heavy (non-hydrogen) atoms. The van der Waals surface area contributed by atoms with E-state index < -0.39 is 16.1 Å². The standard InChI is InChI=1S/C28H33N5O4S/c1-17(2)11-21-14-29-15-22-16-33(21)27(34)20-9-6-10-23(12-20)38(35,36)32-28-30-24(13-25(31-28)37-22)26-18(3)7-5-8-19(26)4/h5-10,12-13,17,21-22,29H,11,14-16H2,1-4H3,(H,30,31,32)/t21-,22?/m0/s1. The lowest BCUT2D eigenvalue weighted by atomic mass is 10.00. The maximum absolute atomic E-state index is 13.8. The van der Waals surface area contributed by atoms with E-state index in [-0.39, 0.29) is 28.7 Å². The molecule has 3 aromatic rings. The maximum Gasteiger partial charge on any atom is 0.264 e. The van der Waals surface area contributed by atoms with Crippen molar-refractivity contribution in [2.24, 2.45) is 5.92 Å². The number of carbonyl (C=O) groups is 1. The van der Waals surface area contributed by atoms with E-state index in [4.69, 9.17) is 4.74 Å². The predicted octanol–water partition coefficient (Wildman–Crippen LogP) is 3.78. The highest BCUT2D eigenvalue weighted by Gasteiger charge is 2.33. The summed E-state index contributed by atoms with van der Waals surface area (Å²) in [6.07, 6.45) is 0.407. The van der Waals surface area contributed by atoms with Gasteiger partial charge in [0, 0.05) is 36.3 Å². The van der Waals surface area contributed by atoms with Crippen LogP contribution in [0.25, 0.3) is 11.3 Å². The number of nitrogens with one attached hydrogen (secondary N) is 2. The number of aromatic nitrogens is 2. The smallest absolute Gasteiger partial charge is 0.264 e. The zero-order valence-corrected chi connectivity index (χ0v) is 22.9. The van der Waals surface area contributed by atoms with E-state index in [0.717, 1.165) is 23.1 Å². The topological polar surface area (TPSA) is 114 Å². The number of anilines is 1. The molecule has 200 valence electrons. The van der Waals surface area contributed by atoms with Crippen LogP contribution in [0.15, 0.2) is 53.4 Å². The Morgan fingerprint density at radius 3 is 2.53 bits per heavy atom. The van der Waals surface area contributed by atoms with E-state index in [1.54, 1.807) is 18.2 Å². The minimum Gasteiger partial charge on any atom is -0.471 e. The second kappa shape index (κ2) is 10.3. The quantitative estimate of drug-likeness (QED) is 0.525. The van der Waals surface area contributed by atoms with E-state index in [2.05, 4.69) is 33.9 Å². The molecule has 2 aliphatic heterocycles. The first kappa shape index (κ1) is 26.1. The Bertz CT molecular complexity index is 1450. The fourth-order valence-corrected chi connectivity index (χ4v) is 6.22. The SMILES string of the molecule is Cc1cccc(C)c1-c1cc2nc(n1)NS(=O)(=O)c1cccc(c1)C(=O)N1CC(CNC[C@@H]1CC(C)C)O2. The molecule has 10 heteroatoms. The van der Waals surface area contributed by atoms with Crippen molar-refractivity contribution >= 4 is 21.9 Å². The lowest BCUT2D eigenvalue weighted by molar-refractivity contribution is 0.0584. The van der Waals surface area contributed by atoms with Gasteiger partial charge in [-0.3, -0.25) is 4.79 Å². The molecule has 5 rings (SSSR count). The van der Waals surface area contributed by atoms with Gasteiger partial charge in [-0.2, -0.15) is 4.98 Å². The Morgan fingerprint density at radius 2 is 1.79 bits per heavy atom. The summed E-state index contributed by atoms with van der Waals surface area (Å²) in [6.45, 7) is 9.69. The normalized spacial score (nSPS) is 20.9. The summed E-state index contributed by atoms with van der Waals surface area (Å²) < 4.78 is 35.6. The van der Waals surface area contributed by atoms with Crippen molar-refractivity contribution in [1.29, 1.82) is 0 Å². The molecule has 3 heterocycles. The van der Waals surface area contributed by atoms with Crippen molar-refractivity contribution in [3.8, 4) is 17.1 Å². The molecule has 2 atom stereocenters. The molecule has 6 bridgehead atoms. The summed E-state index contributed by atoms with van der Waals surface area (Å²) in [5.41, 5.74) is 3.75. The molecule has 0 spiro atoms. The highest BCUT2D eigenvalue weighted by Crippen LogP contribution is 2.30. The van der Waals surface area contributed by atoms with Crippen LogP contribution in [-0.2, 0) is 10.0 Å². The monoisotopic (exact) mass is 535 g/mol. The second-order valence-corrected chi connectivity index (χ2v) is 12.1. The number of ether oxygens (including phenoxy) is 1. The van der Waals surface area contributed by atoms with Crippen molar-refractivity contribution in [3.05, 3.63) is 65.2 Å². The number of amides is 1. The Balaban J connectivity index is 1.67. The zero-order chi connectivity index (χ0) is 27.0. The van der Waals surface area contributed by atoms with Gasteiger partial charge in [-0.15, -0.1) is 0 Å². The number of rotatable bonds is 3. The van der Waals surface area contributed by atoms with Crippen LogP contribution >= 0.6 is 0 Å². The molecule has 0 saturated carbocycles. The van der Waals surface area contributed by atoms with Crippen LogP contribution in [0.2, 0.25) is 0 Å². The third-order valence-electron chi connectivity index (χ3n) is 6.94. The van der Waals surface area contributed by atoms with Crippen LogP contribution < -0.4 is 14.8 Å². The summed E-state index contributed by atoms with van der Waals surface area (Å²) in [7, 11) is -4.08. The molecule has 1 fully saturated rings. The summed E-state index contributed by atoms with van der Waals surface area (Å²) in [6, 6.07) is 13.7.